The topological polar surface area (TPSA) is 50.2 Å². The van der Waals surface area contributed by atoms with Crippen LogP contribution in [-0.2, 0) is 11.2 Å². The number of benzene rings is 1. The molecule has 0 amide bonds. The zero-order chi connectivity index (χ0) is 12.6. The predicted octanol–water partition coefficient (Wildman–Crippen LogP) is 3.09. The van der Waals surface area contributed by atoms with E-state index in [-0.39, 0.29) is 5.82 Å². The van der Waals surface area contributed by atoms with Crippen LogP contribution in [0.25, 0.3) is 10.2 Å². The fourth-order valence-corrected chi connectivity index (χ4v) is 2.70. The van der Waals surface area contributed by atoms with Crippen molar-refractivity contribution in [3.63, 3.8) is 0 Å². The fourth-order valence-electron chi connectivity index (χ4n) is 1.48. The van der Waals surface area contributed by atoms with Crippen molar-refractivity contribution in [2.75, 3.05) is 0 Å². The molecule has 0 aliphatic heterocycles. The lowest BCUT2D eigenvalue weighted by Crippen LogP contribution is -2.26. The Hall–Kier alpha value is -1.49. The van der Waals surface area contributed by atoms with Gasteiger partial charge in [-0.2, -0.15) is 0 Å². The van der Waals surface area contributed by atoms with Crippen LogP contribution >= 0.6 is 11.3 Å². The molecular weight excluding hydrogens is 241 g/mol. The minimum atomic E-state index is -0.858. The van der Waals surface area contributed by atoms with Gasteiger partial charge in [0.15, 0.2) is 0 Å². The first-order valence-corrected chi connectivity index (χ1v) is 5.98. The van der Waals surface area contributed by atoms with Crippen molar-refractivity contribution in [3.8, 4) is 0 Å². The van der Waals surface area contributed by atoms with Gasteiger partial charge < -0.3 is 5.11 Å². The number of carboxylic acids is 1. The van der Waals surface area contributed by atoms with Gasteiger partial charge >= 0.3 is 5.97 Å². The van der Waals surface area contributed by atoms with E-state index >= 15 is 0 Å². The summed E-state index contributed by atoms with van der Waals surface area (Å²) >= 11 is 1.34. The summed E-state index contributed by atoms with van der Waals surface area (Å²) in [6, 6.07) is 4.39. The second kappa shape index (κ2) is 4.07. The molecule has 0 saturated carbocycles. The highest BCUT2D eigenvalue weighted by atomic mass is 32.1. The van der Waals surface area contributed by atoms with E-state index in [0.29, 0.717) is 11.9 Å². The van der Waals surface area contributed by atoms with Crippen LogP contribution in [-0.4, -0.2) is 16.1 Å². The second-order valence-electron chi connectivity index (χ2n) is 4.59. The molecule has 0 saturated heterocycles. The van der Waals surface area contributed by atoms with Gasteiger partial charge in [0.2, 0.25) is 0 Å². The molecule has 17 heavy (non-hydrogen) atoms. The monoisotopic (exact) mass is 253 g/mol. The Kier molecular flexibility index (Phi) is 2.87. The number of nitrogens with zero attached hydrogens (tertiary/aromatic N) is 1. The smallest absolute Gasteiger partial charge is 0.309 e. The standard InChI is InChI=1S/C12H12FNO2S/c1-12(2,11(15)16)6-10-14-8-4-3-7(13)5-9(8)17-10/h3-5H,6H2,1-2H3,(H,15,16). The molecule has 0 aliphatic rings. The summed E-state index contributed by atoms with van der Waals surface area (Å²) in [7, 11) is 0. The van der Waals surface area contributed by atoms with Crippen molar-refractivity contribution in [2.45, 2.75) is 20.3 Å². The van der Waals surface area contributed by atoms with Gasteiger partial charge in [0, 0.05) is 6.42 Å². The molecule has 1 N–H and O–H groups in total. The van der Waals surface area contributed by atoms with E-state index in [1.54, 1.807) is 19.9 Å². The van der Waals surface area contributed by atoms with E-state index < -0.39 is 11.4 Å². The molecule has 0 fully saturated rings. The second-order valence-corrected chi connectivity index (χ2v) is 5.70. The zero-order valence-corrected chi connectivity index (χ0v) is 10.3. The molecule has 90 valence electrons. The van der Waals surface area contributed by atoms with Crippen LogP contribution in [0.3, 0.4) is 0 Å². The Balaban J connectivity index is 2.34. The Morgan fingerprint density at radius 1 is 1.53 bits per heavy atom. The van der Waals surface area contributed by atoms with Gasteiger partial charge in [-0.25, -0.2) is 9.37 Å². The van der Waals surface area contributed by atoms with Crippen molar-refractivity contribution in [3.05, 3.63) is 29.0 Å². The molecular formula is C12H12FNO2S. The molecule has 0 unspecified atom stereocenters. The summed E-state index contributed by atoms with van der Waals surface area (Å²) in [5.74, 6) is -1.16. The summed E-state index contributed by atoms with van der Waals surface area (Å²) in [6.45, 7) is 3.31. The van der Waals surface area contributed by atoms with Crippen LogP contribution in [0, 0.1) is 11.2 Å². The van der Waals surface area contributed by atoms with Crippen LogP contribution in [0.2, 0.25) is 0 Å². The summed E-state index contributed by atoms with van der Waals surface area (Å²) < 4.78 is 13.7. The van der Waals surface area contributed by atoms with Gasteiger partial charge in [-0.05, 0) is 32.0 Å². The third kappa shape index (κ3) is 2.44. The third-order valence-corrected chi connectivity index (χ3v) is 3.59. The number of thiazole rings is 1. The number of aliphatic carboxylic acids is 1. The lowest BCUT2D eigenvalue weighted by atomic mass is 9.90. The predicted molar refractivity (Wildman–Crippen MR) is 64.7 cm³/mol. The Labute approximate surface area is 102 Å². The van der Waals surface area contributed by atoms with Crippen LogP contribution < -0.4 is 0 Å². The van der Waals surface area contributed by atoms with Crippen molar-refractivity contribution >= 4 is 27.5 Å². The molecule has 3 nitrogen and oxygen atoms in total. The number of carbonyl (C=O) groups is 1. The number of rotatable bonds is 3. The summed E-state index contributed by atoms with van der Waals surface area (Å²) in [4.78, 5) is 15.3. The van der Waals surface area contributed by atoms with Crippen LogP contribution in [0.15, 0.2) is 18.2 Å². The van der Waals surface area contributed by atoms with E-state index in [1.807, 2.05) is 0 Å². The molecule has 1 aromatic carbocycles. The minimum absolute atomic E-state index is 0.301. The molecule has 0 bridgehead atoms. The largest absolute Gasteiger partial charge is 0.481 e. The molecule has 1 heterocycles. The highest BCUT2D eigenvalue weighted by molar-refractivity contribution is 7.18. The quantitative estimate of drug-likeness (QED) is 0.914. The van der Waals surface area contributed by atoms with Crippen LogP contribution in [0.5, 0.6) is 0 Å². The summed E-state index contributed by atoms with van der Waals surface area (Å²) in [5, 5.41) is 9.76. The van der Waals surface area contributed by atoms with E-state index in [1.165, 1.54) is 23.5 Å². The van der Waals surface area contributed by atoms with Gasteiger partial charge in [0.05, 0.1) is 20.6 Å². The number of hydrogen-bond acceptors (Lipinski definition) is 3. The molecule has 2 rings (SSSR count). The maximum Gasteiger partial charge on any atom is 0.309 e. The van der Waals surface area contributed by atoms with Crippen LogP contribution in [0.1, 0.15) is 18.9 Å². The maximum atomic E-state index is 13.0. The Morgan fingerprint density at radius 2 is 2.24 bits per heavy atom. The molecule has 2 aromatic rings. The fraction of sp³-hybridized carbons (Fsp3) is 0.333. The SMILES string of the molecule is CC(C)(Cc1nc2ccc(F)cc2s1)C(=O)O. The molecule has 0 radical (unpaired) electrons. The van der Waals surface area contributed by atoms with Crippen LogP contribution in [0.4, 0.5) is 4.39 Å². The Morgan fingerprint density at radius 3 is 2.88 bits per heavy atom. The maximum absolute atomic E-state index is 13.0. The van der Waals surface area contributed by atoms with Crippen molar-refractivity contribution in [1.29, 1.82) is 0 Å². The van der Waals surface area contributed by atoms with Gasteiger partial charge in [-0.3, -0.25) is 4.79 Å². The number of aromatic nitrogens is 1. The van der Waals surface area contributed by atoms with Gasteiger partial charge in [-0.1, -0.05) is 0 Å². The summed E-state index contributed by atoms with van der Waals surface area (Å²) in [6.07, 6.45) is 0.350. The van der Waals surface area contributed by atoms with Crippen molar-refractivity contribution in [2.24, 2.45) is 5.41 Å². The molecule has 5 heteroatoms. The average Bonchev–Trinajstić information content (AvgIpc) is 2.57. The minimum Gasteiger partial charge on any atom is -0.481 e. The van der Waals surface area contributed by atoms with Gasteiger partial charge in [0.25, 0.3) is 0 Å². The van der Waals surface area contributed by atoms with E-state index in [9.17, 15) is 9.18 Å². The normalized spacial score (nSPS) is 11.9. The highest BCUT2D eigenvalue weighted by Crippen LogP contribution is 2.28. The van der Waals surface area contributed by atoms with Crippen molar-refractivity contribution in [1.82, 2.24) is 4.98 Å². The number of hydrogen-bond donors (Lipinski definition) is 1. The summed E-state index contributed by atoms with van der Waals surface area (Å²) in [5.41, 5.74) is -0.139. The number of fused-ring (bicyclic) bond motifs is 1. The lowest BCUT2D eigenvalue weighted by Gasteiger charge is -2.16. The molecule has 0 atom stereocenters. The first-order chi connectivity index (χ1) is 7.88. The first-order valence-electron chi connectivity index (χ1n) is 5.17. The van der Waals surface area contributed by atoms with Crippen molar-refractivity contribution < 1.29 is 14.3 Å². The zero-order valence-electron chi connectivity index (χ0n) is 9.53. The molecule has 1 aromatic heterocycles. The number of carboxylic acid groups (broad SMARTS) is 1. The van der Waals surface area contributed by atoms with E-state index in [2.05, 4.69) is 4.98 Å². The van der Waals surface area contributed by atoms with E-state index in [0.717, 1.165) is 9.71 Å². The lowest BCUT2D eigenvalue weighted by molar-refractivity contribution is -0.146. The molecule has 0 spiro atoms. The highest BCUT2D eigenvalue weighted by Gasteiger charge is 2.28. The van der Waals surface area contributed by atoms with Gasteiger partial charge in [0.1, 0.15) is 5.82 Å². The Bertz CT molecular complexity index is 577. The van der Waals surface area contributed by atoms with Gasteiger partial charge in [-0.15, -0.1) is 11.3 Å². The third-order valence-electron chi connectivity index (χ3n) is 2.57. The first kappa shape index (κ1) is 12.0. The number of halogens is 1. The average molecular weight is 253 g/mol. The van der Waals surface area contributed by atoms with E-state index in [4.69, 9.17) is 5.11 Å². The molecule has 0 aliphatic carbocycles.